The van der Waals surface area contributed by atoms with Crippen molar-refractivity contribution in [2.75, 3.05) is 0 Å². The maximum Gasteiger partial charge on any atom is 0.303 e. The highest BCUT2D eigenvalue weighted by molar-refractivity contribution is 6.41. The first-order chi connectivity index (χ1) is 8.71. The third-order valence-electron chi connectivity index (χ3n) is 2.47. The summed E-state index contributed by atoms with van der Waals surface area (Å²) in [5, 5.41) is 11.7. The Morgan fingerprint density at radius 1 is 1.42 bits per heavy atom. The summed E-state index contributed by atoms with van der Waals surface area (Å²) in [5.41, 5.74) is -0.362. The molecule has 0 saturated heterocycles. The SMILES string of the molecule is CC(C)(CCC(=O)O)NC(=O)c1cnc(Cl)c(Cl)c1. The topological polar surface area (TPSA) is 79.3 Å². The van der Waals surface area contributed by atoms with E-state index in [9.17, 15) is 9.59 Å². The molecule has 0 radical (unpaired) electrons. The number of carbonyl (C=O) groups is 2. The number of pyridine rings is 1. The lowest BCUT2D eigenvalue weighted by Crippen LogP contribution is -2.43. The zero-order valence-corrected chi connectivity index (χ0v) is 12.0. The van der Waals surface area contributed by atoms with E-state index in [1.807, 2.05) is 0 Å². The molecular formula is C12H14Cl2N2O3. The van der Waals surface area contributed by atoms with Gasteiger partial charge in [0.2, 0.25) is 0 Å². The van der Waals surface area contributed by atoms with Gasteiger partial charge in [-0.1, -0.05) is 23.2 Å². The maximum atomic E-state index is 12.0. The van der Waals surface area contributed by atoms with Gasteiger partial charge in [0, 0.05) is 18.2 Å². The van der Waals surface area contributed by atoms with Gasteiger partial charge >= 0.3 is 5.97 Å². The number of hydrogen-bond acceptors (Lipinski definition) is 3. The molecule has 0 aliphatic carbocycles. The predicted molar refractivity (Wildman–Crippen MR) is 72.7 cm³/mol. The van der Waals surface area contributed by atoms with Gasteiger partial charge in [0.15, 0.2) is 0 Å². The smallest absolute Gasteiger partial charge is 0.303 e. The molecule has 0 aromatic carbocycles. The first kappa shape index (κ1) is 15.7. The average Bonchev–Trinajstić information content (AvgIpc) is 2.29. The first-order valence-corrected chi connectivity index (χ1v) is 6.32. The molecule has 0 atom stereocenters. The highest BCUT2D eigenvalue weighted by Gasteiger charge is 2.22. The molecule has 0 unspecified atom stereocenters. The number of halogens is 2. The Labute approximate surface area is 120 Å². The molecule has 0 spiro atoms. The standard InChI is InChI=1S/C12H14Cl2N2O3/c1-12(2,4-3-9(17)18)16-11(19)7-5-8(13)10(14)15-6-7/h5-6H,3-4H2,1-2H3,(H,16,19)(H,17,18). The molecule has 7 heteroatoms. The summed E-state index contributed by atoms with van der Waals surface area (Å²) < 4.78 is 0. The normalized spacial score (nSPS) is 11.2. The largest absolute Gasteiger partial charge is 0.481 e. The van der Waals surface area contributed by atoms with Crippen LogP contribution in [-0.4, -0.2) is 27.5 Å². The number of rotatable bonds is 5. The van der Waals surface area contributed by atoms with Crippen LogP contribution in [0.2, 0.25) is 10.2 Å². The molecule has 0 aliphatic rings. The van der Waals surface area contributed by atoms with Crippen LogP contribution >= 0.6 is 23.2 Å². The summed E-state index contributed by atoms with van der Waals surface area (Å²) in [5.74, 6) is -1.28. The minimum absolute atomic E-state index is 0.0209. The van der Waals surface area contributed by atoms with Gasteiger partial charge in [-0.2, -0.15) is 0 Å². The number of nitrogens with zero attached hydrogens (tertiary/aromatic N) is 1. The fourth-order valence-electron chi connectivity index (χ4n) is 1.41. The van der Waals surface area contributed by atoms with Crippen LogP contribution in [0.25, 0.3) is 0 Å². The van der Waals surface area contributed by atoms with Crippen LogP contribution in [0, 0.1) is 0 Å². The number of nitrogens with one attached hydrogen (secondary N) is 1. The van der Waals surface area contributed by atoms with E-state index in [0.717, 1.165) is 0 Å². The molecule has 5 nitrogen and oxygen atoms in total. The molecule has 1 aromatic rings. The van der Waals surface area contributed by atoms with Gasteiger partial charge in [0.05, 0.1) is 10.6 Å². The Hall–Kier alpha value is -1.33. The molecule has 1 amide bonds. The minimum Gasteiger partial charge on any atom is -0.481 e. The lowest BCUT2D eigenvalue weighted by molar-refractivity contribution is -0.137. The molecule has 0 fully saturated rings. The zero-order valence-electron chi connectivity index (χ0n) is 10.5. The maximum absolute atomic E-state index is 12.0. The van der Waals surface area contributed by atoms with Gasteiger partial charge in [0.25, 0.3) is 5.91 Å². The van der Waals surface area contributed by atoms with E-state index >= 15 is 0 Å². The van der Waals surface area contributed by atoms with Crippen molar-refractivity contribution in [2.24, 2.45) is 0 Å². The molecular weight excluding hydrogens is 291 g/mol. The molecule has 104 valence electrons. The molecule has 19 heavy (non-hydrogen) atoms. The van der Waals surface area contributed by atoms with Crippen LogP contribution in [0.15, 0.2) is 12.3 Å². The molecule has 1 rings (SSSR count). The lowest BCUT2D eigenvalue weighted by Gasteiger charge is -2.25. The summed E-state index contributed by atoms with van der Waals surface area (Å²) in [6.45, 7) is 3.50. The Balaban J connectivity index is 2.72. The van der Waals surface area contributed by atoms with E-state index in [4.69, 9.17) is 28.3 Å². The number of carboxylic acid groups (broad SMARTS) is 1. The number of aromatic nitrogens is 1. The van der Waals surface area contributed by atoms with Crippen LogP contribution < -0.4 is 5.32 Å². The number of amides is 1. The Morgan fingerprint density at radius 3 is 2.58 bits per heavy atom. The van der Waals surface area contributed by atoms with Gasteiger partial charge in [-0.05, 0) is 26.3 Å². The molecule has 0 saturated carbocycles. The van der Waals surface area contributed by atoms with Crippen molar-refractivity contribution in [3.63, 3.8) is 0 Å². The third kappa shape index (κ3) is 5.04. The molecule has 2 N–H and O–H groups in total. The van der Waals surface area contributed by atoms with Crippen molar-refractivity contribution in [3.8, 4) is 0 Å². The molecule has 0 bridgehead atoms. The number of carboxylic acids is 1. The second-order valence-corrected chi connectivity index (χ2v) is 5.49. The first-order valence-electron chi connectivity index (χ1n) is 5.56. The van der Waals surface area contributed by atoms with Crippen molar-refractivity contribution in [1.82, 2.24) is 10.3 Å². The van der Waals surface area contributed by atoms with Crippen LogP contribution in [0.3, 0.4) is 0 Å². The second-order valence-electron chi connectivity index (χ2n) is 4.73. The van der Waals surface area contributed by atoms with Gasteiger partial charge < -0.3 is 10.4 Å². The monoisotopic (exact) mass is 304 g/mol. The zero-order chi connectivity index (χ0) is 14.6. The van der Waals surface area contributed by atoms with Crippen molar-refractivity contribution < 1.29 is 14.7 Å². The van der Waals surface area contributed by atoms with Crippen molar-refractivity contribution in [1.29, 1.82) is 0 Å². The van der Waals surface area contributed by atoms with Gasteiger partial charge in [0.1, 0.15) is 5.15 Å². The van der Waals surface area contributed by atoms with E-state index in [2.05, 4.69) is 10.3 Å². The van der Waals surface area contributed by atoms with Gasteiger partial charge in [-0.3, -0.25) is 9.59 Å². The lowest BCUT2D eigenvalue weighted by atomic mass is 9.98. The highest BCUT2D eigenvalue weighted by atomic mass is 35.5. The van der Waals surface area contributed by atoms with Crippen LogP contribution in [0.4, 0.5) is 0 Å². The number of carbonyl (C=O) groups excluding carboxylic acids is 1. The van der Waals surface area contributed by atoms with Crippen LogP contribution in [0.5, 0.6) is 0 Å². The van der Waals surface area contributed by atoms with E-state index in [1.54, 1.807) is 13.8 Å². The fourth-order valence-corrected chi connectivity index (χ4v) is 1.68. The van der Waals surface area contributed by atoms with Crippen LogP contribution in [-0.2, 0) is 4.79 Å². The second kappa shape index (κ2) is 6.21. The van der Waals surface area contributed by atoms with Gasteiger partial charge in [-0.25, -0.2) is 4.98 Å². The summed E-state index contributed by atoms with van der Waals surface area (Å²) in [6.07, 6.45) is 1.62. The van der Waals surface area contributed by atoms with Crippen LogP contribution in [0.1, 0.15) is 37.0 Å². The van der Waals surface area contributed by atoms with Crippen molar-refractivity contribution in [3.05, 3.63) is 28.0 Å². The number of hydrogen-bond donors (Lipinski definition) is 2. The molecule has 0 aliphatic heterocycles. The summed E-state index contributed by atoms with van der Waals surface area (Å²) >= 11 is 11.4. The number of aliphatic carboxylic acids is 1. The molecule has 1 heterocycles. The predicted octanol–water partition coefficient (Wildman–Crippen LogP) is 2.76. The van der Waals surface area contributed by atoms with E-state index in [-0.39, 0.29) is 28.1 Å². The fraction of sp³-hybridized carbons (Fsp3) is 0.417. The van der Waals surface area contributed by atoms with Crippen molar-refractivity contribution >= 4 is 35.1 Å². The average molecular weight is 305 g/mol. The van der Waals surface area contributed by atoms with Gasteiger partial charge in [-0.15, -0.1) is 0 Å². The van der Waals surface area contributed by atoms with E-state index in [1.165, 1.54) is 12.3 Å². The quantitative estimate of drug-likeness (QED) is 0.820. The van der Waals surface area contributed by atoms with E-state index in [0.29, 0.717) is 6.42 Å². The van der Waals surface area contributed by atoms with Crippen molar-refractivity contribution in [2.45, 2.75) is 32.2 Å². The Kier molecular flexibility index (Phi) is 5.14. The summed E-state index contributed by atoms with van der Waals surface area (Å²) in [7, 11) is 0. The highest BCUT2D eigenvalue weighted by Crippen LogP contribution is 2.20. The minimum atomic E-state index is -0.904. The van der Waals surface area contributed by atoms with E-state index < -0.39 is 11.5 Å². The Bertz CT molecular complexity index is 504. The summed E-state index contributed by atoms with van der Waals surface area (Å²) in [6, 6.07) is 1.42. The Morgan fingerprint density at radius 2 is 2.05 bits per heavy atom. The third-order valence-corrected chi connectivity index (χ3v) is 3.16. The summed E-state index contributed by atoms with van der Waals surface area (Å²) in [4.78, 5) is 26.3. The molecule has 1 aromatic heterocycles.